The molecule has 1 aromatic rings. The van der Waals surface area contributed by atoms with Gasteiger partial charge in [-0.3, -0.25) is 9.69 Å². The van der Waals surface area contributed by atoms with Gasteiger partial charge in [0.05, 0.1) is 6.54 Å². The Bertz CT molecular complexity index is 443. The molecule has 4 nitrogen and oxygen atoms in total. The van der Waals surface area contributed by atoms with E-state index in [1.165, 1.54) is 5.56 Å². The van der Waals surface area contributed by atoms with Gasteiger partial charge in [0, 0.05) is 38.9 Å². The molecule has 2 aliphatic rings. The lowest BCUT2D eigenvalue weighted by molar-refractivity contribution is -0.138. The van der Waals surface area contributed by atoms with E-state index in [1.54, 1.807) is 0 Å². The summed E-state index contributed by atoms with van der Waals surface area (Å²) in [5.74, 6) is 0.256. The Morgan fingerprint density at radius 2 is 1.85 bits per heavy atom. The summed E-state index contributed by atoms with van der Waals surface area (Å²) in [5, 5.41) is 0. The van der Waals surface area contributed by atoms with Crippen LogP contribution >= 0.6 is 0 Å². The van der Waals surface area contributed by atoms with Crippen LogP contribution in [0.5, 0.6) is 0 Å². The molecule has 2 aliphatic heterocycles. The van der Waals surface area contributed by atoms with Gasteiger partial charge in [0.1, 0.15) is 0 Å². The average Bonchev–Trinajstić information content (AvgIpc) is 2.51. The van der Waals surface area contributed by atoms with E-state index in [2.05, 4.69) is 17.0 Å². The van der Waals surface area contributed by atoms with Crippen LogP contribution in [-0.2, 0) is 16.1 Å². The number of carbonyl (C=O) groups excluding carboxylic acids is 1. The number of amides is 1. The van der Waals surface area contributed by atoms with Crippen LogP contribution in [0.15, 0.2) is 30.3 Å². The number of piperazine rings is 1. The number of benzene rings is 1. The molecule has 0 unspecified atom stereocenters. The molecule has 1 amide bonds. The molecule has 0 aromatic heterocycles. The van der Waals surface area contributed by atoms with Crippen molar-refractivity contribution in [2.24, 2.45) is 0 Å². The summed E-state index contributed by atoms with van der Waals surface area (Å²) in [4.78, 5) is 16.6. The molecule has 0 spiro atoms. The zero-order valence-corrected chi connectivity index (χ0v) is 11.8. The van der Waals surface area contributed by atoms with Gasteiger partial charge in [-0.05, 0) is 18.4 Å². The van der Waals surface area contributed by atoms with E-state index in [-0.39, 0.29) is 5.91 Å². The van der Waals surface area contributed by atoms with Crippen molar-refractivity contribution in [3.8, 4) is 0 Å². The van der Waals surface area contributed by atoms with Crippen LogP contribution in [0, 0.1) is 0 Å². The van der Waals surface area contributed by atoms with Crippen molar-refractivity contribution in [1.82, 2.24) is 9.80 Å². The fraction of sp³-hybridized carbons (Fsp3) is 0.562. The van der Waals surface area contributed by atoms with Gasteiger partial charge in [0.2, 0.25) is 5.91 Å². The van der Waals surface area contributed by atoms with Crippen molar-refractivity contribution in [3.63, 3.8) is 0 Å². The van der Waals surface area contributed by atoms with Gasteiger partial charge in [-0.1, -0.05) is 30.3 Å². The second-order valence-electron chi connectivity index (χ2n) is 5.61. The summed E-state index contributed by atoms with van der Waals surface area (Å²) in [7, 11) is 0. The van der Waals surface area contributed by atoms with E-state index in [1.807, 2.05) is 23.1 Å². The largest absolute Gasteiger partial charge is 0.381 e. The highest BCUT2D eigenvalue weighted by atomic mass is 16.5. The van der Waals surface area contributed by atoms with E-state index < -0.39 is 0 Å². The molecule has 2 saturated heterocycles. The number of hydrogen-bond donors (Lipinski definition) is 0. The molecule has 2 heterocycles. The van der Waals surface area contributed by atoms with Crippen molar-refractivity contribution in [3.05, 3.63) is 35.9 Å². The molecule has 20 heavy (non-hydrogen) atoms. The Hall–Kier alpha value is -1.39. The van der Waals surface area contributed by atoms with Gasteiger partial charge in [-0.25, -0.2) is 0 Å². The van der Waals surface area contributed by atoms with Gasteiger partial charge < -0.3 is 9.64 Å². The summed E-state index contributed by atoms with van der Waals surface area (Å²) >= 11 is 0. The summed E-state index contributed by atoms with van der Waals surface area (Å²) in [5.41, 5.74) is 1.21. The minimum Gasteiger partial charge on any atom is -0.381 e. The van der Waals surface area contributed by atoms with Crippen LogP contribution in [0.25, 0.3) is 0 Å². The van der Waals surface area contributed by atoms with Gasteiger partial charge in [0.25, 0.3) is 0 Å². The highest BCUT2D eigenvalue weighted by Crippen LogP contribution is 2.18. The van der Waals surface area contributed by atoms with Crippen LogP contribution in [0.4, 0.5) is 0 Å². The molecule has 0 saturated carbocycles. The predicted molar refractivity (Wildman–Crippen MR) is 77.3 cm³/mol. The summed E-state index contributed by atoms with van der Waals surface area (Å²) in [6, 6.07) is 10.8. The number of rotatable bonds is 3. The SMILES string of the molecule is O=C1CN(C2CCOCC2)CCN1Cc1ccccc1. The number of ether oxygens (including phenoxy) is 1. The Kier molecular flexibility index (Phi) is 4.33. The lowest BCUT2D eigenvalue weighted by Gasteiger charge is -2.40. The minimum absolute atomic E-state index is 0.256. The maximum Gasteiger partial charge on any atom is 0.237 e. The van der Waals surface area contributed by atoms with Crippen LogP contribution in [-0.4, -0.2) is 54.6 Å². The molecule has 0 aliphatic carbocycles. The van der Waals surface area contributed by atoms with E-state index in [0.29, 0.717) is 12.6 Å². The maximum absolute atomic E-state index is 12.3. The zero-order chi connectivity index (χ0) is 13.8. The first-order valence-corrected chi connectivity index (χ1v) is 7.46. The smallest absolute Gasteiger partial charge is 0.237 e. The molecule has 3 rings (SSSR count). The Morgan fingerprint density at radius 1 is 1.10 bits per heavy atom. The molecular weight excluding hydrogens is 252 g/mol. The van der Waals surface area contributed by atoms with Crippen LogP contribution in [0.1, 0.15) is 18.4 Å². The minimum atomic E-state index is 0.256. The van der Waals surface area contributed by atoms with E-state index >= 15 is 0 Å². The number of carbonyl (C=O) groups is 1. The third-order valence-electron chi connectivity index (χ3n) is 4.27. The summed E-state index contributed by atoms with van der Waals surface area (Å²) in [6.45, 7) is 4.80. The van der Waals surface area contributed by atoms with Gasteiger partial charge >= 0.3 is 0 Å². The second kappa shape index (κ2) is 6.37. The zero-order valence-electron chi connectivity index (χ0n) is 11.8. The molecule has 0 atom stereocenters. The molecule has 0 N–H and O–H groups in total. The van der Waals surface area contributed by atoms with Crippen molar-refractivity contribution >= 4 is 5.91 Å². The predicted octanol–water partition coefficient (Wildman–Crippen LogP) is 1.51. The van der Waals surface area contributed by atoms with Crippen LogP contribution in [0.2, 0.25) is 0 Å². The standard InChI is InChI=1S/C16H22N2O2/c19-16-13-17(15-6-10-20-11-7-15)8-9-18(16)12-14-4-2-1-3-5-14/h1-5,15H,6-13H2. The first kappa shape index (κ1) is 13.6. The molecule has 1 aromatic carbocycles. The van der Waals surface area contributed by atoms with Crippen molar-refractivity contribution < 1.29 is 9.53 Å². The normalized spacial score (nSPS) is 22.2. The molecule has 0 radical (unpaired) electrons. The van der Waals surface area contributed by atoms with Gasteiger partial charge in [0.15, 0.2) is 0 Å². The van der Waals surface area contributed by atoms with Crippen LogP contribution in [0.3, 0.4) is 0 Å². The van der Waals surface area contributed by atoms with Crippen molar-refractivity contribution in [2.45, 2.75) is 25.4 Å². The topological polar surface area (TPSA) is 32.8 Å². The second-order valence-corrected chi connectivity index (χ2v) is 5.61. The third-order valence-corrected chi connectivity index (χ3v) is 4.27. The monoisotopic (exact) mass is 274 g/mol. The fourth-order valence-electron chi connectivity index (χ4n) is 3.06. The Morgan fingerprint density at radius 3 is 2.55 bits per heavy atom. The Balaban J connectivity index is 1.55. The van der Waals surface area contributed by atoms with Gasteiger partial charge in [-0.2, -0.15) is 0 Å². The number of hydrogen-bond acceptors (Lipinski definition) is 3. The molecule has 4 heteroatoms. The third kappa shape index (κ3) is 3.19. The lowest BCUT2D eigenvalue weighted by Crippen LogP contribution is -2.54. The maximum atomic E-state index is 12.3. The molecule has 0 bridgehead atoms. The molecular formula is C16H22N2O2. The van der Waals surface area contributed by atoms with Crippen molar-refractivity contribution in [2.75, 3.05) is 32.8 Å². The van der Waals surface area contributed by atoms with E-state index in [0.717, 1.165) is 45.7 Å². The number of nitrogens with zero attached hydrogens (tertiary/aromatic N) is 2. The fourth-order valence-corrected chi connectivity index (χ4v) is 3.06. The summed E-state index contributed by atoms with van der Waals surface area (Å²) in [6.07, 6.45) is 2.12. The molecule has 2 fully saturated rings. The molecule has 108 valence electrons. The summed E-state index contributed by atoms with van der Waals surface area (Å²) < 4.78 is 5.40. The van der Waals surface area contributed by atoms with Crippen molar-refractivity contribution in [1.29, 1.82) is 0 Å². The van der Waals surface area contributed by atoms with E-state index in [9.17, 15) is 4.79 Å². The quantitative estimate of drug-likeness (QED) is 0.837. The first-order chi connectivity index (χ1) is 9.83. The van der Waals surface area contributed by atoms with Crippen LogP contribution < -0.4 is 0 Å². The highest BCUT2D eigenvalue weighted by molar-refractivity contribution is 5.79. The average molecular weight is 274 g/mol. The van der Waals surface area contributed by atoms with Gasteiger partial charge in [-0.15, -0.1) is 0 Å². The lowest BCUT2D eigenvalue weighted by atomic mass is 10.1. The highest BCUT2D eigenvalue weighted by Gasteiger charge is 2.29. The van der Waals surface area contributed by atoms with E-state index in [4.69, 9.17) is 4.74 Å². The first-order valence-electron chi connectivity index (χ1n) is 7.46. The Labute approximate surface area is 120 Å².